The summed E-state index contributed by atoms with van der Waals surface area (Å²) in [5.41, 5.74) is 1.24. The van der Waals surface area contributed by atoms with E-state index in [9.17, 15) is 13.2 Å². The lowest BCUT2D eigenvalue weighted by molar-refractivity contribution is -0.140. The second-order valence-corrected chi connectivity index (χ2v) is 6.52. The molecular formula is C18H23F3N4OS. The molecule has 0 fully saturated rings. The number of benzene rings is 1. The van der Waals surface area contributed by atoms with Crippen LogP contribution in [-0.2, 0) is 30.6 Å². The molecule has 0 saturated heterocycles. The molecule has 0 bridgehead atoms. The number of thiazole rings is 1. The van der Waals surface area contributed by atoms with Crippen molar-refractivity contribution in [3.05, 3.63) is 51.5 Å². The minimum Gasteiger partial charge on any atom is -0.377 e. The van der Waals surface area contributed by atoms with Gasteiger partial charge in [-0.25, -0.2) is 9.98 Å². The predicted octanol–water partition coefficient (Wildman–Crippen LogP) is 3.95. The second kappa shape index (κ2) is 10.3. The first-order valence-electron chi connectivity index (χ1n) is 8.62. The van der Waals surface area contributed by atoms with Crippen LogP contribution in [0.25, 0.3) is 0 Å². The third-order valence-electron chi connectivity index (χ3n) is 3.58. The number of rotatable bonds is 8. The van der Waals surface area contributed by atoms with Crippen LogP contribution in [0.15, 0.2) is 34.6 Å². The molecule has 0 aliphatic carbocycles. The molecule has 0 amide bonds. The molecule has 1 aromatic heterocycles. The summed E-state index contributed by atoms with van der Waals surface area (Å²) in [6.45, 7) is 6.26. The second-order valence-electron chi connectivity index (χ2n) is 5.58. The Morgan fingerprint density at radius 2 is 1.93 bits per heavy atom. The van der Waals surface area contributed by atoms with Gasteiger partial charge < -0.3 is 15.4 Å². The molecule has 1 heterocycles. The molecule has 0 radical (unpaired) electrons. The summed E-state index contributed by atoms with van der Waals surface area (Å²) >= 11 is 0.970. The van der Waals surface area contributed by atoms with E-state index in [2.05, 4.69) is 20.6 Å². The number of aromatic nitrogens is 1. The molecule has 0 atom stereocenters. The third-order valence-corrected chi connectivity index (χ3v) is 4.43. The van der Waals surface area contributed by atoms with Crippen molar-refractivity contribution in [3.8, 4) is 0 Å². The van der Waals surface area contributed by atoms with Crippen LogP contribution in [0.4, 0.5) is 13.2 Å². The smallest absolute Gasteiger partial charge is 0.377 e. The van der Waals surface area contributed by atoms with Crippen LogP contribution >= 0.6 is 11.3 Å². The molecule has 0 saturated carbocycles. The average Bonchev–Trinajstić information content (AvgIpc) is 3.12. The highest BCUT2D eigenvalue weighted by atomic mass is 32.1. The van der Waals surface area contributed by atoms with Crippen LogP contribution in [0.5, 0.6) is 0 Å². The Morgan fingerprint density at radius 1 is 1.19 bits per heavy atom. The molecule has 5 nitrogen and oxygen atoms in total. The zero-order valence-corrected chi connectivity index (χ0v) is 16.1. The number of guanidine groups is 1. The normalized spacial score (nSPS) is 12.3. The molecule has 0 spiro atoms. The van der Waals surface area contributed by atoms with Crippen LogP contribution in [0.3, 0.4) is 0 Å². The van der Waals surface area contributed by atoms with E-state index in [1.807, 2.05) is 38.1 Å². The number of aliphatic imine (C=N–C) groups is 1. The largest absolute Gasteiger partial charge is 0.434 e. The molecule has 0 unspecified atom stereocenters. The maximum absolute atomic E-state index is 12.6. The van der Waals surface area contributed by atoms with Crippen LogP contribution in [0.1, 0.15) is 35.7 Å². The Labute approximate surface area is 160 Å². The fourth-order valence-corrected chi connectivity index (χ4v) is 2.99. The summed E-state index contributed by atoms with van der Waals surface area (Å²) in [4.78, 5) is 8.13. The minimum atomic E-state index is -4.42. The fourth-order valence-electron chi connectivity index (χ4n) is 2.25. The lowest BCUT2D eigenvalue weighted by Gasteiger charge is -2.12. The molecule has 0 aliphatic rings. The van der Waals surface area contributed by atoms with Crippen molar-refractivity contribution in [3.63, 3.8) is 0 Å². The standard InChI is InChI=1S/C18H23F3N4OS/c1-3-22-17(24-10-16-25-15(12-27-16)18(19,20)21)23-9-13-7-5-6-8-14(13)11-26-4-2/h5-8,12H,3-4,9-11H2,1-2H3,(H2,22,23,24). The van der Waals surface area contributed by atoms with Crippen molar-refractivity contribution in [2.45, 2.75) is 39.7 Å². The summed E-state index contributed by atoms with van der Waals surface area (Å²) in [6.07, 6.45) is -4.42. The quantitative estimate of drug-likeness (QED) is 0.520. The van der Waals surface area contributed by atoms with Crippen LogP contribution in [0, 0.1) is 0 Å². The third kappa shape index (κ3) is 6.84. The number of alkyl halides is 3. The molecule has 9 heteroatoms. The number of ether oxygens (including phenoxy) is 1. The molecule has 2 aromatic rings. The first-order chi connectivity index (χ1) is 12.9. The van der Waals surface area contributed by atoms with E-state index >= 15 is 0 Å². The zero-order chi connectivity index (χ0) is 19.7. The van der Waals surface area contributed by atoms with Crippen molar-refractivity contribution < 1.29 is 17.9 Å². The Kier molecular flexibility index (Phi) is 8.05. The molecule has 2 N–H and O–H groups in total. The summed E-state index contributed by atoms with van der Waals surface area (Å²) < 4.78 is 43.4. The molecule has 2 rings (SSSR count). The maximum atomic E-state index is 12.6. The monoisotopic (exact) mass is 400 g/mol. The van der Waals surface area contributed by atoms with Crippen LogP contribution in [0.2, 0.25) is 0 Å². The van der Waals surface area contributed by atoms with Crippen molar-refractivity contribution >= 4 is 17.3 Å². The summed E-state index contributed by atoms with van der Waals surface area (Å²) in [5.74, 6) is 0.521. The van der Waals surface area contributed by atoms with Gasteiger partial charge in [0.15, 0.2) is 11.7 Å². The van der Waals surface area contributed by atoms with Gasteiger partial charge in [0, 0.05) is 18.5 Å². The summed E-state index contributed by atoms with van der Waals surface area (Å²) in [7, 11) is 0. The summed E-state index contributed by atoms with van der Waals surface area (Å²) in [6, 6.07) is 7.87. The van der Waals surface area contributed by atoms with Crippen LogP contribution in [-0.4, -0.2) is 24.1 Å². The van der Waals surface area contributed by atoms with Gasteiger partial charge in [0.2, 0.25) is 0 Å². The SMILES string of the molecule is CCNC(=NCc1ccccc1COCC)NCc1nc(C(F)(F)F)cs1. The van der Waals surface area contributed by atoms with Gasteiger partial charge in [-0.05, 0) is 25.0 Å². The first kappa shape index (κ1) is 21.2. The number of nitrogens with one attached hydrogen (secondary N) is 2. The fraction of sp³-hybridized carbons (Fsp3) is 0.444. The zero-order valence-electron chi connectivity index (χ0n) is 15.3. The van der Waals surface area contributed by atoms with E-state index in [0.717, 1.165) is 27.8 Å². The van der Waals surface area contributed by atoms with Gasteiger partial charge in [-0.3, -0.25) is 0 Å². The minimum absolute atomic E-state index is 0.174. The average molecular weight is 400 g/mol. The van der Waals surface area contributed by atoms with Crippen LogP contribution < -0.4 is 10.6 Å². The van der Waals surface area contributed by atoms with Gasteiger partial charge in [-0.1, -0.05) is 24.3 Å². The maximum Gasteiger partial charge on any atom is 0.434 e. The molecule has 27 heavy (non-hydrogen) atoms. The lowest BCUT2D eigenvalue weighted by atomic mass is 10.1. The van der Waals surface area contributed by atoms with Gasteiger partial charge in [0.1, 0.15) is 5.01 Å². The number of halogens is 3. The van der Waals surface area contributed by atoms with Gasteiger partial charge >= 0.3 is 6.18 Å². The van der Waals surface area contributed by atoms with Gasteiger partial charge in [-0.2, -0.15) is 13.2 Å². The van der Waals surface area contributed by atoms with E-state index in [1.165, 1.54) is 0 Å². The highest BCUT2D eigenvalue weighted by Gasteiger charge is 2.33. The Hall–Kier alpha value is -2.13. The van der Waals surface area contributed by atoms with E-state index in [4.69, 9.17) is 4.74 Å². The summed E-state index contributed by atoms with van der Waals surface area (Å²) in [5, 5.41) is 7.48. The topological polar surface area (TPSA) is 58.5 Å². The van der Waals surface area contributed by atoms with Crippen molar-refractivity contribution in [2.75, 3.05) is 13.2 Å². The highest BCUT2D eigenvalue weighted by molar-refractivity contribution is 7.09. The van der Waals surface area contributed by atoms with E-state index in [1.54, 1.807) is 0 Å². The van der Waals surface area contributed by atoms with E-state index < -0.39 is 11.9 Å². The molecule has 1 aromatic carbocycles. The first-order valence-corrected chi connectivity index (χ1v) is 9.50. The van der Waals surface area contributed by atoms with Gasteiger partial charge in [0.05, 0.1) is 19.7 Å². The van der Waals surface area contributed by atoms with Crippen molar-refractivity contribution in [2.24, 2.45) is 4.99 Å². The van der Waals surface area contributed by atoms with Crippen molar-refractivity contribution in [1.29, 1.82) is 0 Å². The Morgan fingerprint density at radius 3 is 2.56 bits per heavy atom. The molecule has 0 aliphatic heterocycles. The van der Waals surface area contributed by atoms with E-state index in [-0.39, 0.29) is 6.54 Å². The van der Waals surface area contributed by atoms with E-state index in [0.29, 0.717) is 37.3 Å². The number of hydrogen-bond acceptors (Lipinski definition) is 4. The lowest BCUT2D eigenvalue weighted by Crippen LogP contribution is -2.36. The number of hydrogen-bond donors (Lipinski definition) is 2. The highest BCUT2D eigenvalue weighted by Crippen LogP contribution is 2.29. The Bertz CT molecular complexity index is 746. The predicted molar refractivity (Wildman–Crippen MR) is 101 cm³/mol. The Balaban J connectivity index is 2.01. The van der Waals surface area contributed by atoms with Crippen molar-refractivity contribution in [1.82, 2.24) is 15.6 Å². The van der Waals surface area contributed by atoms with Gasteiger partial charge in [-0.15, -0.1) is 11.3 Å². The molecule has 148 valence electrons. The molecular weight excluding hydrogens is 377 g/mol. The van der Waals surface area contributed by atoms with Gasteiger partial charge in [0.25, 0.3) is 0 Å². The number of nitrogens with zero attached hydrogens (tertiary/aromatic N) is 2.